The minimum absolute atomic E-state index is 0.439. The second-order valence-corrected chi connectivity index (χ2v) is 4.07. The van der Waals surface area contributed by atoms with Gasteiger partial charge in [0, 0.05) is 0 Å². The highest BCUT2D eigenvalue weighted by Crippen LogP contribution is 2.42. The summed E-state index contributed by atoms with van der Waals surface area (Å²) in [4.78, 5) is 0. The van der Waals surface area contributed by atoms with Gasteiger partial charge in [0.1, 0.15) is 0 Å². The fourth-order valence-corrected chi connectivity index (χ4v) is 2.33. The van der Waals surface area contributed by atoms with Gasteiger partial charge in [0.05, 0.1) is 0 Å². The van der Waals surface area contributed by atoms with Gasteiger partial charge in [0.15, 0.2) is 0 Å². The molecule has 0 N–H and O–H groups in total. The zero-order valence-electron chi connectivity index (χ0n) is 9.81. The van der Waals surface area contributed by atoms with Crippen molar-refractivity contribution < 1.29 is 0 Å². The van der Waals surface area contributed by atoms with Gasteiger partial charge in [0.25, 0.3) is 0 Å². The van der Waals surface area contributed by atoms with E-state index in [-0.39, 0.29) is 0 Å². The highest BCUT2D eigenvalue weighted by molar-refractivity contribution is 5.24. The maximum Gasteiger partial charge on any atom is -0.00787 e. The molecule has 0 aromatic rings. The molecule has 1 aliphatic rings. The Morgan fingerprint density at radius 2 is 1.64 bits per heavy atom. The van der Waals surface area contributed by atoms with Crippen LogP contribution in [0.4, 0.5) is 0 Å². The van der Waals surface area contributed by atoms with Gasteiger partial charge in [-0.3, -0.25) is 0 Å². The van der Waals surface area contributed by atoms with Gasteiger partial charge in [-0.25, -0.2) is 0 Å². The summed E-state index contributed by atoms with van der Waals surface area (Å²) in [5, 5.41) is 0. The van der Waals surface area contributed by atoms with E-state index in [0.717, 1.165) is 0 Å². The van der Waals surface area contributed by atoms with E-state index in [9.17, 15) is 0 Å². The molecule has 1 fully saturated rings. The van der Waals surface area contributed by atoms with E-state index in [2.05, 4.69) is 39.7 Å². The number of hydrogen-bond acceptors (Lipinski definition) is 0. The molecule has 0 aromatic carbocycles. The van der Waals surface area contributed by atoms with E-state index in [1.54, 1.807) is 0 Å². The van der Waals surface area contributed by atoms with Crippen molar-refractivity contribution in [2.75, 3.05) is 0 Å². The summed E-state index contributed by atoms with van der Waals surface area (Å²) in [6.45, 7) is 14.4. The number of hydrogen-bond donors (Lipinski definition) is 0. The van der Waals surface area contributed by atoms with Crippen LogP contribution < -0.4 is 0 Å². The third kappa shape index (κ3) is 3.17. The fraction of sp³-hybridized carbons (Fsp3) is 0.571. The first kappa shape index (κ1) is 13.2. The normalized spacial score (nSPS) is 20.6. The van der Waals surface area contributed by atoms with E-state index in [1.807, 2.05) is 6.08 Å². The molecule has 0 aromatic heterocycles. The summed E-state index contributed by atoms with van der Waals surface area (Å²) in [5.74, 6) is 0. The molecule has 0 radical (unpaired) electrons. The Morgan fingerprint density at radius 1 is 1.14 bits per heavy atom. The highest BCUT2D eigenvalue weighted by atomic mass is 14.3. The van der Waals surface area contributed by atoms with Crippen LogP contribution >= 0.6 is 0 Å². The van der Waals surface area contributed by atoms with Crippen molar-refractivity contribution in [3.8, 4) is 0 Å². The first-order chi connectivity index (χ1) is 6.73. The summed E-state index contributed by atoms with van der Waals surface area (Å²) in [6, 6.07) is 0. The molecule has 0 atom stereocenters. The average Bonchev–Trinajstić information content (AvgIpc) is 2.23. The second-order valence-electron chi connectivity index (χ2n) is 4.07. The molecule has 80 valence electrons. The Kier molecular flexibility index (Phi) is 6.27. The van der Waals surface area contributed by atoms with Crippen molar-refractivity contribution in [1.29, 1.82) is 0 Å². The Balaban J connectivity index is 0.000000791. The Labute approximate surface area is 89.4 Å². The van der Waals surface area contributed by atoms with Crippen molar-refractivity contribution >= 4 is 0 Å². The summed E-state index contributed by atoms with van der Waals surface area (Å²) >= 11 is 0. The van der Waals surface area contributed by atoms with Gasteiger partial charge >= 0.3 is 0 Å². The highest BCUT2D eigenvalue weighted by Gasteiger charge is 2.28. The third-order valence-electron chi connectivity index (χ3n) is 3.18. The summed E-state index contributed by atoms with van der Waals surface area (Å²) in [5.41, 5.74) is 1.89. The molecule has 0 heteroatoms. The molecule has 0 bridgehead atoms. The lowest BCUT2D eigenvalue weighted by molar-refractivity contribution is 0.273. The van der Waals surface area contributed by atoms with Crippen molar-refractivity contribution in [3.05, 3.63) is 37.5 Å². The molecular formula is C14H24. The van der Waals surface area contributed by atoms with Crippen LogP contribution in [-0.4, -0.2) is 0 Å². The van der Waals surface area contributed by atoms with Crippen LogP contribution in [0.25, 0.3) is 0 Å². The minimum atomic E-state index is 0.439. The van der Waals surface area contributed by atoms with Crippen LogP contribution in [0.15, 0.2) is 37.5 Å². The Bertz CT molecular complexity index is 192. The third-order valence-corrected chi connectivity index (χ3v) is 3.18. The van der Waals surface area contributed by atoms with Gasteiger partial charge in [-0.1, -0.05) is 44.9 Å². The van der Waals surface area contributed by atoms with Crippen LogP contribution in [-0.2, 0) is 0 Å². The number of allylic oxidation sites excluding steroid dienone is 3. The molecular weight excluding hydrogens is 168 g/mol. The summed E-state index contributed by atoms with van der Waals surface area (Å²) < 4.78 is 0. The van der Waals surface area contributed by atoms with E-state index < -0.39 is 0 Å². The maximum atomic E-state index is 3.88. The molecule has 0 unspecified atom stereocenters. The van der Waals surface area contributed by atoms with Crippen molar-refractivity contribution in [2.45, 2.75) is 46.0 Å². The van der Waals surface area contributed by atoms with E-state index in [0.29, 0.717) is 5.41 Å². The first-order valence-corrected chi connectivity index (χ1v) is 5.52. The molecule has 0 nitrogen and oxygen atoms in total. The molecule has 1 rings (SSSR count). The van der Waals surface area contributed by atoms with Crippen LogP contribution in [0.1, 0.15) is 46.0 Å². The van der Waals surface area contributed by atoms with Crippen LogP contribution in [0.5, 0.6) is 0 Å². The number of rotatable bonds is 2. The molecule has 0 amide bonds. The smallest absolute Gasteiger partial charge is 0.00787 e. The zero-order chi connectivity index (χ0) is 11.0. The minimum Gasteiger partial charge on any atom is -0.106 e. The molecule has 14 heavy (non-hydrogen) atoms. The van der Waals surface area contributed by atoms with Crippen LogP contribution in [0.2, 0.25) is 0 Å². The zero-order valence-corrected chi connectivity index (χ0v) is 9.81. The predicted octanol–water partition coefficient (Wildman–Crippen LogP) is 4.89. The van der Waals surface area contributed by atoms with Gasteiger partial charge < -0.3 is 0 Å². The fourth-order valence-electron chi connectivity index (χ4n) is 2.33. The molecule has 0 heterocycles. The van der Waals surface area contributed by atoms with Crippen molar-refractivity contribution in [1.82, 2.24) is 0 Å². The van der Waals surface area contributed by atoms with Crippen LogP contribution in [0, 0.1) is 5.41 Å². The lowest BCUT2D eigenvalue weighted by Gasteiger charge is -2.34. The van der Waals surface area contributed by atoms with Gasteiger partial charge in [-0.2, -0.15) is 0 Å². The lowest BCUT2D eigenvalue weighted by Crippen LogP contribution is -2.21. The van der Waals surface area contributed by atoms with Gasteiger partial charge in [0.2, 0.25) is 0 Å². The quantitative estimate of drug-likeness (QED) is 0.431. The standard InChI is InChI=1S/C12H20.C2H4/c1-4-11(5-2)12(3)9-7-6-8-10-12;1-2/h4-5H,1,6-10H2,2-3H3;1-2H2/b11-5+;. The average molecular weight is 192 g/mol. The first-order valence-electron chi connectivity index (χ1n) is 5.52. The molecule has 1 saturated carbocycles. The van der Waals surface area contributed by atoms with Crippen LogP contribution in [0.3, 0.4) is 0 Å². The van der Waals surface area contributed by atoms with E-state index in [4.69, 9.17) is 0 Å². The Hall–Kier alpha value is -0.780. The van der Waals surface area contributed by atoms with Gasteiger partial charge in [-0.15, -0.1) is 13.2 Å². The molecule has 0 saturated heterocycles. The molecule has 1 aliphatic carbocycles. The topological polar surface area (TPSA) is 0 Å². The predicted molar refractivity (Wildman–Crippen MR) is 66.4 cm³/mol. The van der Waals surface area contributed by atoms with E-state index in [1.165, 1.54) is 37.7 Å². The van der Waals surface area contributed by atoms with Crippen molar-refractivity contribution in [3.63, 3.8) is 0 Å². The SMILES string of the molecule is C=C.C=C/C(=C\C)C1(C)CCCCC1. The van der Waals surface area contributed by atoms with E-state index >= 15 is 0 Å². The largest absolute Gasteiger partial charge is 0.106 e. The summed E-state index contributed by atoms with van der Waals surface area (Å²) in [6.07, 6.45) is 11.1. The van der Waals surface area contributed by atoms with Crippen molar-refractivity contribution in [2.24, 2.45) is 5.41 Å². The Morgan fingerprint density at radius 3 is 2.00 bits per heavy atom. The summed E-state index contributed by atoms with van der Waals surface area (Å²) in [7, 11) is 0. The lowest BCUT2D eigenvalue weighted by atomic mass is 9.70. The molecule has 0 spiro atoms. The maximum absolute atomic E-state index is 3.88. The second kappa shape index (κ2) is 6.64. The molecule has 0 aliphatic heterocycles. The van der Waals surface area contributed by atoms with Gasteiger partial charge in [-0.05, 0) is 30.8 Å². The monoisotopic (exact) mass is 192 g/mol.